The molecule has 8 heteroatoms. The van der Waals surface area contributed by atoms with E-state index in [4.69, 9.17) is 30.9 Å². The first-order chi connectivity index (χ1) is 13.3. The zero-order valence-electron chi connectivity index (χ0n) is 15.5. The van der Waals surface area contributed by atoms with Crippen LogP contribution in [0, 0.1) is 0 Å². The van der Waals surface area contributed by atoms with E-state index in [1.54, 1.807) is 6.07 Å². The number of carbonyl (C=O) groups excluding carboxylic acids is 1. The van der Waals surface area contributed by atoms with Crippen molar-refractivity contribution in [1.29, 1.82) is 0 Å². The van der Waals surface area contributed by atoms with Gasteiger partial charge in [0.25, 0.3) is 0 Å². The molecule has 0 aromatic heterocycles. The van der Waals surface area contributed by atoms with E-state index in [2.05, 4.69) is 0 Å². The van der Waals surface area contributed by atoms with Gasteiger partial charge in [0.2, 0.25) is 0 Å². The third-order valence-electron chi connectivity index (χ3n) is 3.92. The number of halogens is 1. The Hall–Kier alpha value is -3.19. The predicted molar refractivity (Wildman–Crippen MR) is 104 cm³/mol. The van der Waals surface area contributed by atoms with Crippen LogP contribution in [0.2, 0.25) is 5.02 Å². The van der Waals surface area contributed by atoms with E-state index in [9.17, 15) is 14.7 Å². The summed E-state index contributed by atoms with van der Waals surface area (Å²) in [4.78, 5) is 23.6. The third-order valence-corrected chi connectivity index (χ3v) is 4.16. The molecular weight excluding hydrogens is 388 g/mol. The third kappa shape index (κ3) is 4.55. The van der Waals surface area contributed by atoms with Crippen LogP contribution in [0.5, 0.6) is 23.0 Å². The van der Waals surface area contributed by atoms with Crippen molar-refractivity contribution < 1.29 is 34.0 Å². The first-order valence-electron chi connectivity index (χ1n) is 8.06. The largest absolute Gasteiger partial charge is 0.507 e. The number of hydrogen-bond acceptors (Lipinski definition) is 6. The summed E-state index contributed by atoms with van der Waals surface area (Å²) in [5.74, 6) is -1.02. The van der Waals surface area contributed by atoms with Crippen LogP contribution in [0.4, 0.5) is 0 Å². The molecule has 0 aliphatic rings. The Morgan fingerprint density at radius 1 is 1.07 bits per heavy atom. The van der Waals surface area contributed by atoms with Crippen LogP contribution in [0.15, 0.2) is 30.3 Å². The van der Waals surface area contributed by atoms with E-state index in [0.29, 0.717) is 16.1 Å². The minimum atomic E-state index is -1.06. The molecule has 0 spiro atoms. The van der Waals surface area contributed by atoms with Gasteiger partial charge in [-0.2, -0.15) is 0 Å². The molecule has 2 aromatic carbocycles. The quantitative estimate of drug-likeness (QED) is 0.510. The molecule has 7 nitrogen and oxygen atoms in total. The summed E-state index contributed by atoms with van der Waals surface area (Å²) >= 11 is 5.78. The zero-order chi connectivity index (χ0) is 20.8. The summed E-state index contributed by atoms with van der Waals surface area (Å²) in [5, 5.41) is 19.3. The standard InChI is InChI=1S/C20H19ClO7/c1-26-17-8-11(19(27-2)20(28-3)14(17)10-18(24)25)4-7-15(22)13-6-5-12(21)9-16(13)23/h4-9,23H,10H2,1-3H3,(H,24,25). The second-order valence-electron chi connectivity index (χ2n) is 5.64. The molecule has 0 radical (unpaired) electrons. The Balaban J connectivity index is 2.50. The summed E-state index contributed by atoms with van der Waals surface area (Å²) in [6.07, 6.45) is 2.38. The van der Waals surface area contributed by atoms with Crippen molar-refractivity contribution in [2.75, 3.05) is 21.3 Å². The normalized spacial score (nSPS) is 10.7. The summed E-state index contributed by atoms with van der Waals surface area (Å²) in [5.41, 5.74) is 0.835. The highest BCUT2D eigenvalue weighted by Gasteiger charge is 2.21. The van der Waals surface area contributed by atoms with E-state index in [1.165, 1.54) is 51.7 Å². The lowest BCUT2D eigenvalue weighted by molar-refractivity contribution is -0.136. The number of phenolic OH excluding ortho intramolecular Hbond substituents is 1. The molecule has 2 N–H and O–H groups in total. The van der Waals surface area contributed by atoms with Crippen LogP contribution in [-0.4, -0.2) is 43.3 Å². The number of ketones is 1. The van der Waals surface area contributed by atoms with Gasteiger partial charge in [-0.3, -0.25) is 9.59 Å². The van der Waals surface area contributed by atoms with E-state index in [1.807, 2.05) is 0 Å². The number of aromatic hydroxyl groups is 1. The highest BCUT2D eigenvalue weighted by Crippen LogP contribution is 2.41. The fraction of sp³-hybridized carbons (Fsp3) is 0.200. The first-order valence-corrected chi connectivity index (χ1v) is 8.44. The Labute approximate surface area is 166 Å². The number of ether oxygens (including phenoxy) is 3. The molecule has 0 heterocycles. The van der Waals surface area contributed by atoms with Crippen LogP contribution >= 0.6 is 11.6 Å². The fourth-order valence-electron chi connectivity index (χ4n) is 2.69. The number of hydrogen-bond donors (Lipinski definition) is 2. The van der Waals surface area contributed by atoms with Gasteiger partial charge < -0.3 is 24.4 Å². The van der Waals surface area contributed by atoms with Gasteiger partial charge in [0.05, 0.1) is 38.9 Å². The molecule has 0 saturated carbocycles. The van der Waals surface area contributed by atoms with Gasteiger partial charge in [-0.05, 0) is 36.4 Å². The van der Waals surface area contributed by atoms with E-state index in [-0.39, 0.29) is 35.0 Å². The highest BCUT2D eigenvalue weighted by molar-refractivity contribution is 6.31. The summed E-state index contributed by atoms with van der Waals surface area (Å²) < 4.78 is 16.0. The Bertz CT molecular complexity index is 935. The SMILES string of the molecule is COc1cc(C=CC(=O)c2ccc(Cl)cc2O)c(OC)c(OC)c1CC(=O)O. The Kier molecular flexibility index (Phi) is 6.89. The van der Waals surface area contributed by atoms with Gasteiger partial charge in [0.1, 0.15) is 11.5 Å². The molecule has 0 amide bonds. The number of carboxylic acid groups (broad SMARTS) is 1. The van der Waals surface area contributed by atoms with Crippen LogP contribution < -0.4 is 14.2 Å². The maximum absolute atomic E-state index is 12.4. The summed E-state index contributed by atoms with van der Waals surface area (Å²) in [7, 11) is 4.18. The van der Waals surface area contributed by atoms with Gasteiger partial charge in [0.15, 0.2) is 17.3 Å². The molecule has 0 atom stereocenters. The lowest BCUT2D eigenvalue weighted by Gasteiger charge is -2.17. The average Bonchev–Trinajstić information content (AvgIpc) is 2.65. The Morgan fingerprint density at radius 2 is 1.75 bits per heavy atom. The molecule has 0 unspecified atom stereocenters. The van der Waals surface area contributed by atoms with Crippen LogP contribution in [0.25, 0.3) is 6.08 Å². The van der Waals surface area contributed by atoms with Gasteiger partial charge in [-0.25, -0.2) is 0 Å². The molecule has 28 heavy (non-hydrogen) atoms. The maximum atomic E-state index is 12.4. The van der Waals surface area contributed by atoms with Crippen molar-refractivity contribution in [2.24, 2.45) is 0 Å². The molecular formula is C20H19ClO7. The average molecular weight is 407 g/mol. The fourth-order valence-corrected chi connectivity index (χ4v) is 2.86. The lowest BCUT2D eigenvalue weighted by Crippen LogP contribution is -2.07. The van der Waals surface area contributed by atoms with Crippen molar-refractivity contribution in [3.63, 3.8) is 0 Å². The first kappa shape index (κ1) is 21.1. The minimum Gasteiger partial charge on any atom is -0.507 e. The number of carboxylic acids is 1. The van der Waals surface area contributed by atoms with Crippen molar-refractivity contribution in [3.8, 4) is 23.0 Å². The number of allylic oxidation sites excluding steroid dienone is 1. The second kappa shape index (κ2) is 9.14. The summed E-state index contributed by atoms with van der Waals surface area (Å²) in [6.45, 7) is 0. The highest BCUT2D eigenvalue weighted by atomic mass is 35.5. The number of methoxy groups -OCH3 is 3. The topological polar surface area (TPSA) is 102 Å². The van der Waals surface area contributed by atoms with Crippen molar-refractivity contribution in [3.05, 3.63) is 52.1 Å². The van der Waals surface area contributed by atoms with Crippen LogP contribution in [0.3, 0.4) is 0 Å². The lowest BCUT2D eigenvalue weighted by atomic mass is 10.0. The second-order valence-corrected chi connectivity index (χ2v) is 6.08. The Morgan fingerprint density at radius 3 is 2.29 bits per heavy atom. The molecule has 148 valence electrons. The van der Waals surface area contributed by atoms with Crippen molar-refractivity contribution in [2.45, 2.75) is 6.42 Å². The molecule has 0 bridgehead atoms. The van der Waals surface area contributed by atoms with E-state index < -0.39 is 11.8 Å². The molecule has 2 rings (SSSR count). The van der Waals surface area contributed by atoms with Gasteiger partial charge in [-0.1, -0.05) is 11.6 Å². The zero-order valence-corrected chi connectivity index (χ0v) is 16.2. The molecule has 0 aliphatic carbocycles. The number of benzene rings is 2. The van der Waals surface area contributed by atoms with Gasteiger partial charge in [-0.15, -0.1) is 0 Å². The monoisotopic (exact) mass is 406 g/mol. The smallest absolute Gasteiger partial charge is 0.308 e. The molecule has 0 saturated heterocycles. The van der Waals surface area contributed by atoms with Gasteiger partial charge >= 0.3 is 5.97 Å². The number of phenols is 1. The summed E-state index contributed by atoms with van der Waals surface area (Å²) in [6, 6.07) is 5.73. The number of rotatable bonds is 8. The predicted octanol–water partition coefficient (Wildman–Crippen LogP) is 3.59. The number of aliphatic carboxylic acids is 1. The van der Waals surface area contributed by atoms with Crippen molar-refractivity contribution in [1.82, 2.24) is 0 Å². The molecule has 2 aromatic rings. The molecule has 0 aliphatic heterocycles. The van der Waals surface area contributed by atoms with Crippen LogP contribution in [0.1, 0.15) is 21.5 Å². The van der Waals surface area contributed by atoms with Crippen LogP contribution in [-0.2, 0) is 11.2 Å². The molecule has 0 fully saturated rings. The maximum Gasteiger partial charge on any atom is 0.308 e. The number of carbonyl (C=O) groups is 2. The van der Waals surface area contributed by atoms with E-state index in [0.717, 1.165) is 0 Å². The van der Waals surface area contributed by atoms with Gasteiger partial charge in [0, 0.05) is 10.6 Å². The minimum absolute atomic E-state index is 0.0843. The van der Waals surface area contributed by atoms with E-state index >= 15 is 0 Å². The van der Waals surface area contributed by atoms with Crippen molar-refractivity contribution >= 4 is 29.4 Å².